The molecule has 104 valence electrons. The maximum Gasteiger partial charge on any atom is 0.153 e. The highest BCUT2D eigenvalue weighted by Gasteiger charge is 2.17. The molecule has 20 heavy (non-hydrogen) atoms. The molecule has 0 fully saturated rings. The van der Waals surface area contributed by atoms with Gasteiger partial charge < -0.3 is 15.8 Å². The lowest BCUT2D eigenvalue weighted by molar-refractivity contribution is 0.281. The first-order valence-electron chi connectivity index (χ1n) is 6.59. The van der Waals surface area contributed by atoms with Gasteiger partial charge >= 0.3 is 0 Å². The molecule has 0 spiro atoms. The van der Waals surface area contributed by atoms with Gasteiger partial charge in [0.1, 0.15) is 17.3 Å². The number of nitrogens with one attached hydrogen (secondary N) is 1. The third kappa shape index (κ3) is 2.84. The normalized spacial score (nSPS) is 17.2. The van der Waals surface area contributed by atoms with E-state index in [1.54, 1.807) is 11.3 Å². The van der Waals surface area contributed by atoms with Gasteiger partial charge in [0.15, 0.2) is 6.10 Å². The predicted octanol–water partition coefficient (Wildman–Crippen LogP) is 2.81. The van der Waals surface area contributed by atoms with Crippen LogP contribution in [0.2, 0.25) is 0 Å². The van der Waals surface area contributed by atoms with Gasteiger partial charge in [-0.15, -0.1) is 11.3 Å². The fourth-order valence-electron chi connectivity index (χ4n) is 2.08. The highest BCUT2D eigenvalue weighted by atomic mass is 32.1. The van der Waals surface area contributed by atoms with Crippen LogP contribution in [0.3, 0.4) is 0 Å². The zero-order valence-electron chi connectivity index (χ0n) is 11.3. The molecule has 4 nitrogen and oxygen atoms in total. The Kier molecular flexibility index (Phi) is 3.71. The Balaban J connectivity index is 1.66. The number of thiophene rings is 1. The summed E-state index contributed by atoms with van der Waals surface area (Å²) in [6.07, 6.45) is -0.148. The Labute approximate surface area is 122 Å². The van der Waals surface area contributed by atoms with E-state index in [-0.39, 0.29) is 6.10 Å². The van der Waals surface area contributed by atoms with Crippen LogP contribution in [0.15, 0.2) is 40.7 Å². The standard InChI is InChI=1S/C15H17N3OS/c1-10-15(16)18-13-7-11(4-5-14(13)19-10)8-17-9-12-3-2-6-20-12/h2-7,10,17H,8-9H2,1H3,(H2,16,18). The third-order valence-corrected chi connectivity index (χ3v) is 4.08. The zero-order chi connectivity index (χ0) is 13.9. The fourth-order valence-corrected chi connectivity index (χ4v) is 2.76. The average Bonchev–Trinajstić information content (AvgIpc) is 2.93. The monoisotopic (exact) mass is 287 g/mol. The lowest BCUT2D eigenvalue weighted by atomic mass is 10.1. The largest absolute Gasteiger partial charge is 0.481 e. The van der Waals surface area contributed by atoms with Crippen molar-refractivity contribution in [2.24, 2.45) is 10.7 Å². The maximum atomic E-state index is 5.82. The number of hydrogen-bond donors (Lipinski definition) is 2. The molecule has 0 bridgehead atoms. The first-order valence-corrected chi connectivity index (χ1v) is 7.47. The van der Waals surface area contributed by atoms with Crippen LogP contribution in [0.25, 0.3) is 0 Å². The number of benzene rings is 1. The topological polar surface area (TPSA) is 59.6 Å². The van der Waals surface area contributed by atoms with Crippen LogP contribution < -0.4 is 15.8 Å². The molecule has 0 saturated heterocycles. The predicted molar refractivity (Wildman–Crippen MR) is 82.7 cm³/mol. The number of amidine groups is 1. The van der Waals surface area contributed by atoms with Gasteiger partial charge in [0, 0.05) is 18.0 Å². The van der Waals surface area contributed by atoms with Crippen LogP contribution in [0.4, 0.5) is 5.69 Å². The van der Waals surface area contributed by atoms with Crippen LogP contribution in [-0.4, -0.2) is 11.9 Å². The Morgan fingerprint density at radius 3 is 3.05 bits per heavy atom. The molecule has 0 radical (unpaired) electrons. The van der Waals surface area contributed by atoms with Gasteiger partial charge in [0.25, 0.3) is 0 Å². The Bertz CT molecular complexity index is 622. The number of hydrogen-bond acceptors (Lipinski definition) is 5. The molecule has 0 amide bonds. The van der Waals surface area contributed by atoms with Crippen LogP contribution in [0.5, 0.6) is 5.75 Å². The summed E-state index contributed by atoms with van der Waals surface area (Å²) in [5.41, 5.74) is 7.81. The van der Waals surface area contributed by atoms with E-state index in [0.717, 1.165) is 24.5 Å². The summed E-state index contributed by atoms with van der Waals surface area (Å²) < 4.78 is 5.69. The van der Waals surface area contributed by atoms with Gasteiger partial charge in [-0.25, -0.2) is 4.99 Å². The van der Waals surface area contributed by atoms with Gasteiger partial charge in [-0.2, -0.15) is 0 Å². The van der Waals surface area contributed by atoms with Crippen molar-refractivity contribution in [1.29, 1.82) is 0 Å². The summed E-state index contributed by atoms with van der Waals surface area (Å²) in [7, 11) is 0. The minimum absolute atomic E-state index is 0.148. The van der Waals surface area contributed by atoms with Crippen molar-refractivity contribution in [2.45, 2.75) is 26.1 Å². The number of nitrogens with two attached hydrogens (primary N) is 1. The van der Waals surface area contributed by atoms with Crippen molar-refractivity contribution in [2.75, 3.05) is 0 Å². The molecule has 2 heterocycles. The van der Waals surface area contributed by atoms with E-state index in [1.807, 2.05) is 19.1 Å². The van der Waals surface area contributed by atoms with E-state index in [4.69, 9.17) is 10.5 Å². The summed E-state index contributed by atoms with van der Waals surface area (Å²) in [5, 5.41) is 5.51. The van der Waals surface area contributed by atoms with Crippen molar-refractivity contribution in [3.05, 3.63) is 46.2 Å². The fraction of sp³-hybridized carbons (Fsp3) is 0.267. The van der Waals surface area contributed by atoms with E-state index < -0.39 is 0 Å². The van der Waals surface area contributed by atoms with Crippen molar-refractivity contribution in [3.8, 4) is 5.75 Å². The summed E-state index contributed by atoms with van der Waals surface area (Å²) in [5.74, 6) is 1.33. The molecular formula is C15H17N3OS. The van der Waals surface area contributed by atoms with Crippen LogP contribution in [-0.2, 0) is 13.1 Å². The molecule has 1 atom stereocenters. The van der Waals surface area contributed by atoms with Crippen molar-refractivity contribution >= 4 is 22.9 Å². The molecule has 0 aliphatic carbocycles. The number of ether oxygens (including phenoxy) is 1. The van der Waals surface area contributed by atoms with Gasteiger partial charge in [-0.1, -0.05) is 12.1 Å². The SMILES string of the molecule is CC1Oc2ccc(CNCc3cccs3)cc2N=C1N. The summed E-state index contributed by atoms with van der Waals surface area (Å²) >= 11 is 1.76. The highest BCUT2D eigenvalue weighted by Crippen LogP contribution is 2.32. The second kappa shape index (κ2) is 5.64. The molecule has 2 aromatic rings. The first-order chi connectivity index (χ1) is 9.72. The average molecular weight is 287 g/mol. The number of nitrogens with zero attached hydrogens (tertiary/aromatic N) is 1. The maximum absolute atomic E-state index is 5.82. The molecule has 3 N–H and O–H groups in total. The molecule has 1 aliphatic heterocycles. The number of rotatable bonds is 4. The highest BCUT2D eigenvalue weighted by molar-refractivity contribution is 7.09. The Morgan fingerprint density at radius 2 is 2.25 bits per heavy atom. The summed E-state index contributed by atoms with van der Waals surface area (Å²) in [6.45, 7) is 3.59. The van der Waals surface area contributed by atoms with Gasteiger partial charge in [-0.05, 0) is 36.1 Å². The second-order valence-electron chi connectivity index (χ2n) is 4.78. The zero-order valence-corrected chi connectivity index (χ0v) is 12.1. The molecule has 1 aromatic heterocycles. The molecule has 5 heteroatoms. The first kappa shape index (κ1) is 13.1. The molecule has 3 rings (SSSR count). The number of aliphatic imine (C=N–C) groups is 1. The molecule has 1 aliphatic rings. The molecule has 1 unspecified atom stereocenters. The van der Waals surface area contributed by atoms with E-state index >= 15 is 0 Å². The summed E-state index contributed by atoms with van der Waals surface area (Å²) in [6, 6.07) is 10.2. The summed E-state index contributed by atoms with van der Waals surface area (Å²) in [4.78, 5) is 5.72. The van der Waals surface area contributed by atoms with Crippen LogP contribution in [0, 0.1) is 0 Å². The molecule has 1 aromatic carbocycles. The van der Waals surface area contributed by atoms with Gasteiger partial charge in [0.05, 0.1) is 0 Å². The lowest BCUT2D eigenvalue weighted by Crippen LogP contribution is -2.33. The minimum Gasteiger partial charge on any atom is -0.481 e. The van der Waals surface area contributed by atoms with E-state index in [0.29, 0.717) is 5.84 Å². The van der Waals surface area contributed by atoms with Crippen molar-refractivity contribution < 1.29 is 4.74 Å². The van der Waals surface area contributed by atoms with Crippen LogP contribution >= 0.6 is 11.3 Å². The number of fused-ring (bicyclic) bond motifs is 1. The second-order valence-corrected chi connectivity index (χ2v) is 5.81. The molecule has 0 saturated carbocycles. The van der Waals surface area contributed by atoms with E-state index in [1.165, 1.54) is 10.4 Å². The smallest absolute Gasteiger partial charge is 0.153 e. The minimum atomic E-state index is -0.148. The van der Waals surface area contributed by atoms with E-state index in [9.17, 15) is 0 Å². The lowest BCUT2D eigenvalue weighted by Gasteiger charge is -2.21. The van der Waals surface area contributed by atoms with Gasteiger partial charge in [0.2, 0.25) is 0 Å². The Hall–Kier alpha value is -1.85. The van der Waals surface area contributed by atoms with Gasteiger partial charge in [-0.3, -0.25) is 0 Å². The Morgan fingerprint density at radius 1 is 1.35 bits per heavy atom. The quantitative estimate of drug-likeness (QED) is 0.909. The van der Waals surface area contributed by atoms with Crippen LogP contribution in [0.1, 0.15) is 17.4 Å². The third-order valence-electron chi connectivity index (χ3n) is 3.20. The van der Waals surface area contributed by atoms with Crippen molar-refractivity contribution in [3.63, 3.8) is 0 Å². The van der Waals surface area contributed by atoms with Crippen molar-refractivity contribution in [1.82, 2.24) is 5.32 Å². The van der Waals surface area contributed by atoms with E-state index in [2.05, 4.69) is 33.9 Å². The molecular weight excluding hydrogens is 270 g/mol.